The van der Waals surface area contributed by atoms with Gasteiger partial charge in [-0.2, -0.15) is 0 Å². The second kappa shape index (κ2) is 7.61. The third kappa shape index (κ3) is 4.73. The van der Waals surface area contributed by atoms with Crippen molar-refractivity contribution in [2.45, 2.75) is 45.4 Å². The van der Waals surface area contributed by atoms with Crippen LogP contribution in [0.4, 0.5) is 0 Å². The van der Waals surface area contributed by atoms with Crippen LogP contribution in [0.1, 0.15) is 43.8 Å². The molecule has 0 saturated carbocycles. The summed E-state index contributed by atoms with van der Waals surface area (Å²) in [6, 6.07) is 0. The Hall–Kier alpha value is -0.120. The van der Waals surface area contributed by atoms with Gasteiger partial charge in [0, 0.05) is 11.9 Å². The number of likely N-dealkylation sites (tertiary alicyclic amines) is 1. The zero-order valence-electron chi connectivity index (χ0n) is 12.1. The molecule has 0 spiro atoms. The molecule has 1 aliphatic rings. The molecule has 2 heterocycles. The minimum Gasteiger partial charge on any atom is -0.303 e. The van der Waals surface area contributed by atoms with Gasteiger partial charge in [0.05, 0.1) is 16.6 Å². The molecule has 1 unspecified atom stereocenters. The van der Waals surface area contributed by atoms with Gasteiger partial charge in [-0.3, -0.25) is 0 Å². The van der Waals surface area contributed by atoms with Crippen molar-refractivity contribution in [3.05, 3.63) is 16.1 Å². The van der Waals surface area contributed by atoms with Crippen LogP contribution in [-0.2, 0) is 12.3 Å². The SMILES string of the molecule is CC(C)C1CCN(CCCCc2nc(CCl)cs2)C1. The first kappa shape index (κ1) is 15.3. The molecular formula is C15H25ClN2S. The van der Waals surface area contributed by atoms with Crippen LogP contribution in [0.15, 0.2) is 5.38 Å². The fourth-order valence-electron chi connectivity index (χ4n) is 2.75. The summed E-state index contributed by atoms with van der Waals surface area (Å²) in [5.74, 6) is 2.31. The number of hydrogen-bond donors (Lipinski definition) is 0. The predicted octanol–water partition coefficient (Wildman–Crippen LogP) is 4.18. The molecule has 1 aromatic rings. The predicted molar refractivity (Wildman–Crippen MR) is 84.0 cm³/mol. The highest BCUT2D eigenvalue weighted by Gasteiger charge is 2.23. The van der Waals surface area contributed by atoms with Gasteiger partial charge >= 0.3 is 0 Å². The molecule has 1 saturated heterocycles. The van der Waals surface area contributed by atoms with Crippen molar-refractivity contribution in [1.29, 1.82) is 0 Å². The lowest BCUT2D eigenvalue weighted by Crippen LogP contribution is -2.23. The number of nitrogens with zero attached hydrogens (tertiary/aromatic N) is 2. The Bertz CT molecular complexity index is 378. The molecule has 1 aliphatic heterocycles. The molecule has 2 nitrogen and oxygen atoms in total. The van der Waals surface area contributed by atoms with E-state index >= 15 is 0 Å². The topological polar surface area (TPSA) is 16.1 Å². The lowest BCUT2D eigenvalue weighted by molar-refractivity contribution is 0.297. The number of unbranched alkanes of at least 4 members (excludes halogenated alkanes) is 1. The Balaban J connectivity index is 1.60. The van der Waals surface area contributed by atoms with Crippen LogP contribution in [0, 0.1) is 11.8 Å². The molecule has 2 rings (SSSR count). The molecule has 0 bridgehead atoms. The highest BCUT2D eigenvalue weighted by Crippen LogP contribution is 2.23. The van der Waals surface area contributed by atoms with Gasteiger partial charge in [-0.1, -0.05) is 13.8 Å². The summed E-state index contributed by atoms with van der Waals surface area (Å²) in [7, 11) is 0. The Kier molecular flexibility index (Phi) is 6.11. The number of aryl methyl sites for hydroxylation is 1. The summed E-state index contributed by atoms with van der Waals surface area (Å²) >= 11 is 7.52. The van der Waals surface area contributed by atoms with E-state index in [-0.39, 0.29) is 0 Å². The van der Waals surface area contributed by atoms with E-state index in [4.69, 9.17) is 11.6 Å². The van der Waals surface area contributed by atoms with E-state index in [1.807, 2.05) is 0 Å². The number of aromatic nitrogens is 1. The maximum absolute atomic E-state index is 5.76. The molecule has 4 heteroatoms. The van der Waals surface area contributed by atoms with Gasteiger partial charge in [-0.05, 0) is 50.6 Å². The van der Waals surface area contributed by atoms with Gasteiger partial charge < -0.3 is 4.90 Å². The highest BCUT2D eigenvalue weighted by molar-refractivity contribution is 7.09. The van der Waals surface area contributed by atoms with Crippen LogP contribution in [0.3, 0.4) is 0 Å². The van der Waals surface area contributed by atoms with Crippen LogP contribution < -0.4 is 0 Å². The smallest absolute Gasteiger partial charge is 0.0928 e. The summed E-state index contributed by atoms with van der Waals surface area (Å²) in [4.78, 5) is 7.14. The first-order chi connectivity index (χ1) is 9.19. The van der Waals surface area contributed by atoms with Crippen LogP contribution in [0.5, 0.6) is 0 Å². The summed E-state index contributed by atoms with van der Waals surface area (Å²) in [5, 5.41) is 3.33. The van der Waals surface area contributed by atoms with Gasteiger partial charge in [0.2, 0.25) is 0 Å². The molecule has 1 aromatic heterocycles. The number of thiazole rings is 1. The first-order valence-corrected chi connectivity index (χ1v) is 8.82. The van der Waals surface area contributed by atoms with Crippen LogP contribution in [0.2, 0.25) is 0 Å². The van der Waals surface area contributed by atoms with Crippen LogP contribution >= 0.6 is 22.9 Å². The third-order valence-corrected chi connectivity index (χ3v) is 5.33. The molecule has 0 amide bonds. The van der Waals surface area contributed by atoms with Gasteiger partial charge in [-0.25, -0.2) is 4.98 Å². The van der Waals surface area contributed by atoms with E-state index < -0.39 is 0 Å². The van der Waals surface area contributed by atoms with Gasteiger partial charge in [-0.15, -0.1) is 22.9 Å². The number of alkyl halides is 1. The summed E-state index contributed by atoms with van der Waals surface area (Å²) in [6.07, 6.45) is 5.05. The summed E-state index contributed by atoms with van der Waals surface area (Å²) < 4.78 is 0. The van der Waals surface area contributed by atoms with E-state index in [9.17, 15) is 0 Å². The molecular weight excluding hydrogens is 276 g/mol. The van der Waals surface area contributed by atoms with Gasteiger partial charge in [0.25, 0.3) is 0 Å². The number of halogens is 1. The van der Waals surface area contributed by atoms with Crippen molar-refractivity contribution in [2.75, 3.05) is 19.6 Å². The van der Waals surface area contributed by atoms with Crippen molar-refractivity contribution < 1.29 is 0 Å². The summed E-state index contributed by atoms with van der Waals surface area (Å²) in [6.45, 7) is 8.58. The number of rotatable bonds is 7. The van der Waals surface area contributed by atoms with E-state index in [2.05, 4.69) is 29.1 Å². The molecule has 1 fully saturated rings. The second-order valence-corrected chi connectivity index (χ2v) is 7.13. The molecule has 19 heavy (non-hydrogen) atoms. The Morgan fingerprint density at radius 2 is 2.32 bits per heavy atom. The van der Waals surface area contributed by atoms with Crippen molar-refractivity contribution in [3.63, 3.8) is 0 Å². The van der Waals surface area contributed by atoms with Gasteiger partial charge in [0.15, 0.2) is 0 Å². The maximum atomic E-state index is 5.76. The van der Waals surface area contributed by atoms with Crippen LogP contribution in [0.25, 0.3) is 0 Å². The largest absolute Gasteiger partial charge is 0.303 e. The van der Waals surface area contributed by atoms with Gasteiger partial charge in [0.1, 0.15) is 0 Å². The Morgan fingerprint density at radius 3 is 2.95 bits per heavy atom. The zero-order chi connectivity index (χ0) is 13.7. The minimum absolute atomic E-state index is 0.543. The third-order valence-electron chi connectivity index (χ3n) is 4.10. The van der Waals surface area contributed by atoms with Crippen LogP contribution in [-0.4, -0.2) is 29.5 Å². The molecule has 108 valence electrons. The molecule has 0 aliphatic carbocycles. The quantitative estimate of drug-likeness (QED) is 0.555. The average Bonchev–Trinajstić information content (AvgIpc) is 3.03. The van der Waals surface area contributed by atoms with E-state index in [1.165, 1.54) is 43.9 Å². The first-order valence-electron chi connectivity index (χ1n) is 7.40. The Morgan fingerprint density at radius 1 is 1.47 bits per heavy atom. The maximum Gasteiger partial charge on any atom is 0.0928 e. The highest BCUT2D eigenvalue weighted by atomic mass is 35.5. The fourth-order valence-corrected chi connectivity index (χ4v) is 3.82. The van der Waals surface area contributed by atoms with E-state index in [1.54, 1.807) is 11.3 Å². The van der Waals surface area contributed by atoms with Crippen molar-refractivity contribution in [1.82, 2.24) is 9.88 Å². The molecule has 0 N–H and O–H groups in total. The van der Waals surface area contributed by atoms with Crippen molar-refractivity contribution in [2.24, 2.45) is 11.8 Å². The molecule has 1 atom stereocenters. The van der Waals surface area contributed by atoms with E-state index in [0.29, 0.717) is 5.88 Å². The van der Waals surface area contributed by atoms with Crippen molar-refractivity contribution >= 4 is 22.9 Å². The fraction of sp³-hybridized carbons (Fsp3) is 0.800. The zero-order valence-corrected chi connectivity index (χ0v) is 13.6. The lowest BCUT2D eigenvalue weighted by Gasteiger charge is -2.17. The summed E-state index contributed by atoms with van der Waals surface area (Å²) in [5.41, 5.74) is 1.03. The number of hydrogen-bond acceptors (Lipinski definition) is 3. The second-order valence-electron chi connectivity index (χ2n) is 5.92. The molecule has 0 radical (unpaired) electrons. The van der Waals surface area contributed by atoms with E-state index in [0.717, 1.165) is 24.0 Å². The van der Waals surface area contributed by atoms with Crippen molar-refractivity contribution in [3.8, 4) is 0 Å². The average molecular weight is 301 g/mol. The monoisotopic (exact) mass is 300 g/mol. The standard InChI is InChI=1S/C15H25ClN2S/c1-12(2)13-6-8-18(10-13)7-4-3-5-15-17-14(9-16)11-19-15/h11-13H,3-10H2,1-2H3. The Labute approximate surface area is 126 Å². The normalized spacial score (nSPS) is 20.5. The minimum atomic E-state index is 0.543. The molecule has 0 aromatic carbocycles. The lowest BCUT2D eigenvalue weighted by atomic mass is 9.95.